The molecule has 0 spiro atoms. The predicted molar refractivity (Wildman–Crippen MR) is 80.7 cm³/mol. The summed E-state index contributed by atoms with van der Waals surface area (Å²) in [4.78, 5) is 4.44. The predicted octanol–water partition coefficient (Wildman–Crippen LogP) is 3.99. The lowest BCUT2D eigenvalue weighted by molar-refractivity contribution is 0.662. The summed E-state index contributed by atoms with van der Waals surface area (Å²) in [5, 5.41) is 9.44. The summed E-state index contributed by atoms with van der Waals surface area (Å²) in [7, 11) is 0. The molecule has 1 heterocycles. The van der Waals surface area contributed by atoms with Crippen LogP contribution in [0.15, 0.2) is 30.3 Å². The van der Waals surface area contributed by atoms with E-state index in [1.807, 2.05) is 18.2 Å². The third-order valence-corrected chi connectivity index (χ3v) is 3.59. The fraction of sp³-hybridized carbons (Fsp3) is 0.375. The molecule has 104 valence electrons. The van der Waals surface area contributed by atoms with Gasteiger partial charge in [-0.15, -0.1) is 0 Å². The van der Waals surface area contributed by atoms with Gasteiger partial charge in [-0.05, 0) is 12.0 Å². The Bertz CT molecular complexity index is 596. The summed E-state index contributed by atoms with van der Waals surface area (Å²) in [6, 6.07) is 12.4. The van der Waals surface area contributed by atoms with E-state index in [1.54, 1.807) is 0 Å². The van der Waals surface area contributed by atoms with Gasteiger partial charge in [0.25, 0.3) is 0 Å². The monoisotopic (exact) mass is 287 g/mol. The molecule has 0 atom stereocenters. The van der Waals surface area contributed by atoms with Crippen molar-refractivity contribution in [1.82, 2.24) is 9.55 Å². The minimum Gasteiger partial charge on any atom is -0.325 e. The Morgan fingerprint density at radius 2 is 2.05 bits per heavy atom. The van der Waals surface area contributed by atoms with Crippen molar-refractivity contribution in [3.05, 3.63) is 52.6 Å². The van der Waals surface area contributed by atoms with Gasteiger partial charge in [-0.3, -0.25) is 0 Å². The second kappa shape index (κ2) is 7.12. The summed E-state index contributed by atoms with van der Waals surface area (Å²) in [6.07, 6.45) is 3.39. The second-order valence-corrected chi connectivity index (χ2v) is 5.13. The molecule has 2 aromatic rings. The van der Waals surface area contributed by atoms with Crippen LogP contribution in [0.1, 0.15) is 36.8 Å². The van der Waals surface area contributed by atoms with Crippen molar-refractivity contribution in [2.24, 2.45) is 0 Å². The Morgan fingerprint density at radius 1 is 1.30 bits per heavy atom. The van der Waals surface area contributed by atoms with Crippen molar-refractivity contribution in [3.63, 3.8) is 0 Å². The van der Waals surface area contributed by atoms with Crippen LogP contribution in [-0.2, 0) is 19.4 Å². The Labute approximate surface area is 124 Å². The highest BCUT2D eigenvalue weighted by Gasteiger charge is 2.15. The zero-order valence-electron chi connectivity index (χ0n) is 11.6. The first-order chi connectivity index (χ1) is 9.76. The molecule has 0 saturated heterocycles. The smallest absolute Gasteiger partial charge is 0.151 e. The van der Waals surface area contributed by atoms with E-state index in [1.165, 1.54) is 5.56 Å². The van der Waals surface area contributed by atoms with Crippen molar-refractivity contribution in [2.75, 3.05) is 0 Å². The SMILES string of the molecule is CCCCc1nc(Cl)c(CC#N)n1Cc1ccccc1. The molecule has 0 aliphatic carbocycles. The highest BCUT2D eigenvalue weighted by atomic mass is 35.5. The number of aromatic nitrogens is 2. The van der Waals surface area contributed by atoms with E-state index in [0.29, 0.717) is 11.6 Å². The van der Waals surface area contributed by atoms with Crippen molar-refractivity contribution in [2.45, 2.75) is 39.2 Å². The van der Waals surface area contributed by atoms with E-state index in [2.05, 4.69) is 34.7 Å². The fourth-order valence-electron chi connectivity index (χ4n) is 2.23. The Balaban J connectivity index is 2.34. The molecular formula is C16H18ClN3. The molecule has 0 aliphatic heterocycles. The first-order valence-corrected chi connectivity index (χ1v) is 7.28. The van der Waals surface area contributed by atoms with Crippen LogP contribution in [0.4, 0.5) is 0 Å². The number of hydrogen-bond donors (Lipinski definition) is 0. The zero-order chi connectivity index (χ0) is 14.4. The van der Waals surface area contributed by atoms with E-state index in [4.69, 9.17) is 16.9 Å². The molecule has 0 aliphatic rings. The number of nitrogens with zero attached hydrogens (tertiary/aromatic N) is 3. The molecule has 3 nitrogen and oxygen atoms in total. The summed E-state index contributed by atoms with van der Waals surface area (Å²) >= 11 is 6.19. The maximum Gasteiger partial charge on any atom is 0.151 e. The lowest BCUT2D eigenvalue weighted by Crippen LogP contribution is -2.09. The van der Waals surface area contributed by atoms with Gasteiger partial charge >= 0.3 is 0 Å². The van der Waals surface area contributed by atoms with E-state index in [9.17, 15) is 0 Å². The lowest BCUT2D eigenvalue weighted by Gasteiger charge is -2.10. The van der Waals surface area contributed by atoms with E-state index < -0.39 is 0 Å². The molecule has 20 heavy (non-hydrogen) atoms. The molecule has 0 radical (unpaired) electrons. The summed E-state index contributed by atoms with van der Waals surface area (Å²) in [6.45, 7) is 2.87. The maximum absolute atomic E-state index is 8.97. The zero-order valence-corrected chi connectivity index (χ0v) is 12.4. The van der Waals surface area contributed by atoms with Gasteiger partial charge in [0, 0.05) is 13.0 Å². The average Bonchev–Trinajstić information content (AvgIpc) is 2.75. The fourth-order valence-corrected chi connectivity index (χ4v) is 2.49. The molecule has 0 unspecified atom stereocenters. The molecule has 0 N–H and O–H groups in total. The number of halogens is 1. The molecule has 1 aromatic heterocycles. The molecule has 4 heteroatoms. The summed E-state index contributed by atoms with van der Waals surface area (Å²) in [5.41, 5.74) is 2.02. The van der Waals surface area contributed by atoms with Crippen LogP contribution in [0.5, 0.6) is 0 Å². The van der Waals surface area contributed by atoms with Crippen LogP contribution >= 0.6 is 11.6 Å². The highest BCUT2D eigenvalue weighted by Crippen LogP contribution is 2.21. The van der Waals surface area contributed by atoms with Crippen LogP contribution in [0, 0.1) is 11.3 Å². The van der Waals surface area contributed by atoms with Crippen LogP contribution in [0.25, 0.3) is 0 Å². The Morgan fingerprint density at radius 3 is 2.70 bits per heavy atom. The van der Waals surface area contributed by atoms with E-state index in [-0.39, 0.29) is 0 Å². The van der Waals surface area contributed by atoms with Crippen LogP contribution < -0.4 is 0 Å². The normalized spacial score (nSPS) is 10.4. The highest BCUT2D eigenvalue weighted by molar-refractivity contribution is 6.30. The van der Waals surface area contributed by atoms with Crippen molar-refractivity contribution < 1.29 is 0 Å². The topological polar surface area (TPSA) is 41.6 Å². The van der Waals surface area contributed by atoms with Crippen molar-refractivity contribution in [3.8, 4) is 6.07 Å². The molecule has 2 rings (SSSR count). The van der Waals surface area contributed by atoms with Gasteiger partial charge in [-0.2, -0.15) is 5.26 Å². The summed E-state index contributed by atoms with van der Waals surface area (Å²) < 4.78 is 2.09. The number of aryl methyl sites for hydroxylation is 1. The number of nitriles is 1. The lowest BCUT2D eigenvalue weighted by atomic mass is 10.2. The van der Waals surface area contributed by atoms with Gasteiger partial charge in [-0.1, -0.05) is 55.3 Å². The van der Waals surface area contributed by atoms with Gasteiger partial charge in [-0.25, -0.2) is 4.98 Å². The minimum absolute atomic E-state index is 0.296. The van der Waals surface area contributed by atoms with Gasteiger partial charge in [0.1, 0.15) is 5.82 Å². The first-order valence-electron chi connectivity index (χ1n) is 6.91. The number of hydrogen-bond acceptors (Lipinski definition) is 2. The quantitative estimate of drug-likeness (QED) is 0.806. The number of benzene rings is 1. The molecule has 0 bridgehead atoms. The van der Waals surface area contributed by atoms with E-state index in [0.717, 1.165) is 37.3 Å². The molecule has 1 aromatic carbocycles. The van der Waals surface area contributed by atoms with Crippen molar-refractivity contribution in [1.29, 1.82) is 5.26 Å². The largest absolute Gasteiger partial charge is 0.325 e. The van der Waals surface area contributed by atoms with E-state index >= 15 is 0 Å². The van der Waals surface area contributed by atoms with Gasteiger partial charge in [0.15, 0.2) is 5.15 Å². The maximum atomic E-state index is 8.97. The van der Waals surface area contributed by atoms with Crippen LogP contribution in [-0.4, -0.2) is 9.55 Å². The standard InChI is InChI=1S/C16H18ClN3/c1-2-3-9-15-19-16(17)14(10-11-18)20(15)12-13-7-5-4-6-8-13/h4-8H,2-3,9-10,12H2,1H3. The minimum atomic E-state index is 0.296. The van der Waals surface area contributed by atoms with Crippen LogP contribution in [0.2, 0.25) is 5.15 Å². The molecule has 0 amide bonds. The number of unbranched alkanes of at least 4 members (excludes halogenated alkanes) is 1. The average molecular weight is 288 g/mol. The Kier molecular flexibility index (Phi) is 5.20. The van der Waals surface area contributed by atoms with Crippen molar-refractivity contribution >= 4 is 11.6 Å². The van der Waals surface area contributed by atoms with Gasteiger partial charge in [0.2, 0.25) is 0 Å². The number of imidazole rings is 1. The molecular weight excluding hydrogens is 270 g/mol. The van der Waals surface area contributed by atoms with Gasteiger partial charge in [0.05, 0.1) is 18.2 Å². The second-order valence-electron chi connectivity index (χ2n) is 4.78. The molecule has 0 saturated carbocycles. The molecule has 0 fully saturated rings. The Hall–Kier alpha value is -1.79. The third kappa shape index (κ3) is 3.40. The first kappa shape index (κ1) is 14.6. The van der Waals surface area contributed by atoms with Gasteiger partial charge < -0.3 is 4.57 Å². The third-order valence-electron chi connectivity index (χ3n) is 3.29. The van der Waals surface area contributed by atoms with Crippen LogP contribution in [0.3, 0.4) is 0 Å². The summed E-state index contributed by atoms with van der Waals surface area (Å²) in [5.74, 6) is 0.978. The number of rotatable bonds is 6.